The summed E-state index contributed by atoms with van der Waals surface area (Å²) in [5, 5.41) is 0. The van der Waals surface area contributed by atoms with Crippen LogP contribution in [0.2, 0.25) is 0 Å². The Bertz CT molecular complexity index is 165. The fourth-order valence-electron chi connectivity index (χ4n) is 0.788. The van der Waals surface area contributed by atoms with Crippen molar-refractivity contribution in [3.05, 3.63) is 11.8 Å². The van der Waals surface area contributed by atoms with Crippen LogP contribution in [0.3, 0.4) is 0 Å². The highest BCUT2D eigenvalue weighted by atomic mass is 16.6. The largest absolute Gasteiger partial charge is 0.399 e. The van der Waals surface area contributed by atoms with Gasteiger partial charge in [0.2, 0.25) is 6.40 Å². The Morgan fingerprint density at radius 1 is 1.45 bits per heavy atom. The SMILES string of the molecule is C/C=C(\N=CON)C(C)(C)C. The van der Waals surface area contributed by atoms with E-state index in [4.69, 9.17) is 5.90 Å². The van der Waals surface area contributed by atoms with Gasteiger partial charge in [0.05, 0.1) is 0 Å². The zero-order valence-electron chi connectivity index (χ0n) is 7.59. The van der Waals surface area contributed by atoms with Gasteiger partial charge in [-0.1, -0.05) is 26.8 Å². The third kappa shape index (κ3) is 3.78. The summed E-state index contributed by atoms with van der Waals surface area (Å²) >= 11 is 0. The number of hydrogen-bond donors (Lipinski definition) is 1. The number of hydrogen-bond acceptors (Lipinski definition) is 3. The molecule has 0 radical (unpaired) electrons. The summed E-state index contributed by atoms with van der Waals surface area (Å²) < 4.78 is 0. The average Bonchev–Trinajstić information content (AvgIpc) is 1.87. The maximum absolute atomic E-state index is 4.80. The van der Waals surface area contributed by atoms with Crippen LogP contribution in [0.5, 0.6) is 0 Å². The van der Waals surface area contributed by atoms with Crippen LogP contribution in [0.4, 0.5) is 0 Å². The molecule has 2 N–H and O–H groups in total. The maximum atomic E-state index is 4.80. The highest BCUT2D eigenvalue weighted by molar-refractivity contribution is 5.48. The predicted molar refractivity (Wildman–Crippen MR) is 47.0 cm³/mol. The first kappa shape index (κ1) is 10.2. The minimum Gasteiger partial charge on any atom is -0.399 e. The molecular formula is C8H16N2O. The minimum atomic E-state index is 0.0454. The van der Waals surface area contributed by atoms with Gasteiger partial charge in [-0.3, -0.25) is 0 Å². The summed E-state index contributed by atoms with van der Waals surface area (Å²) in [4.78, 5) is 8.26. The molecule has 0 aliphatic heterocycles. The molecule has 0 atom stereocenters. The van der Waals surface area contributed by atoms with E-state index in [1.807, 2.05) is 13.0 Å². The van der Waals surface area contributed by atoms with Crippen LogP contribution in [0, 0.1) is 5.41 Å². The van der Waals surface area contributed by atoms with Crippen LogP contribution in [-0.2, 0) is 4.84 Å². The number of nitrogens with zero attached hydrogens (tertiary/aromatic N) is 1. The highest BCUT2D eigenvalue weighted by Crippen LogP contribution is 2.25. The first-order valence-electron chi connectivity index (χ1n) is 3.57. The van der Waals surface area contributed by atoms with Crippen molar-refractivity contribution in [3.63, 3.8) is 0 Å². The van der Waals surface area contributed by atoms with E-state index in [0.717, 1.165) is 5.70 Å². The first-order chi connectivity index (χ1) is 5.02. The molecule has 64 valence electrons. The van der Waals surface area contributed by atoms with E-state index in [1.165, 1.54) is 6.40 Å². The van der Waals surface area contributed by atoms with Gasteiger partial charge in [-0.2, -0.15) is 5.90 Å². The Morgan fingerprint density at radius 2 is 2.00 bits per heavy atom. The lowest BCUT2D eigenvalue weighted by Crippen LogP contribution is -2.08. The number of aliphatic imine (C=N–C) groups is 1. The summed E-state index contributed by atoms with van der Waals surface area (Å²) in [5.41, 5.74) is 1.01. The van der Waals surface area contributed by atoms with E-state index in [2.05, 4.69) is 30.6 Å². The van der Waals surface area contributed by atoms with E-state index in [9.17, 15) is 0 Å². The summed E-state index contributed by atoms with van der Waals surface area (Å²) in [6, 6.07) is 0. The number of allylic oxidation sites excluding steroid dienone is 2. The van der Waals surface area contributed by atoms with Crippen LogP contribution < -0.4 is 5.90 Å². The summed E-state index contributed by atoms with van der Waals surface area (Å²) in [5.74, 6) is 4.80. The smallest absolute Gasteiger partial charge is 0.200 e. The van der Waals surface area contributed by atoms with Crippen LogP contribution >= 0.6 is 0 Å². The van der Waals surface area contributed by atoms with Gasteiger partial charge in [0.15, 0.2) is 0 Å². The second kappa shape index (κ2) is 4.13. The van der Waals surface area contributed by atoms with Crippen molar-refractivity contribution in [1.82, 2.24) is 0 Å². The van der Waals surface area contributed by atoms with Crippen molar-refractivity contribution in [2.24, 2.45) is 16.3 Å². The molecular weight excluding hydrogens is 140 g/mol. The van der Waals surface area contributed by atoms with Crippen LogP contribution in [0.15, 0.2) is 16.8 Å². The van der Waals surface area contributed by atoms with Gasteiger partial charge in [-0.15, -0.1) is 0 Å². The fourth-order valence-corrected chi connectivity index (χ4v) is 0.788. The molecule has 0 fully saturated rings. The summed E-state index contributed by atoms with van der Waals surface area (Å²) in [7, 11) is 0. The Morgan fingerprint density at radius 3 is 2.27 bits per heavy atom. The molecule has 0 aromatic rings. The molecule has 0 aromatic carbocycles. The van der Waals surface area contributed by atoms with Crippen molar-refractivity contribution in [1.29, 1.82) is 0 Å². The van der Waals surface area contributed by atoms with E-state index in [-0.39, 0.29) is 5.41 Å². The average molecular weight is 156 g/mol. The van der Waals surface area contributed by atoms with E-state index < -0.39 is 0 Å². The van der Waals surface area contributed by atoms with Gasteiger partial charge in [-0.05, 0) is 6.92 Å². The van der Waals surface area contributed by atoms with Crippen molar-refractivity contribution < 1.29 is 4.84 Å². The van der Waals surface area contributed by atoms with Crippen LogP contribution in [-0.4, -0.2) is 6.40 Å². The van der Waals surface area contributed by atoms with Gasteiger partial charge in [0.1, 0.15) is 0 Å². The van der Waals surface area contributed by atoms with Gasteiger partial charge >= 0.3 is 0 Å². The van der Waals surface area contributed by atoms with Gasteiger partial charge < -0.3 is 4.84 Å². The molecule has 11 heavy (non-hydrogen) atoms. The predicted octanol–water partition coefficient (Wildman–Crippen LogP) is 1.85. The topological polar surface area (TPSA) is 47.6 Å². The van der Waals surface area contributed by atoms with Gasteiger partial charge in [0, 0.05) is 11.1 Å². The lowest BCUT2D eigenvalue weighted by atomic mass is 9.92. The molecule has 0 aromatic heterocycles. The molecule has 0 aliphatic rings. The van der Waals surface area contributed by atoms with Gasteiger partial charge in [-0.25, -0.2) is 4.99 Å². The van der Waals surface area contributed by atoms with E-state index in [0.29, 0.717) is 0 Å². The first-order valence-corrected chi connectivity index (χ1v) is 3.57. The molecule has 3 heteroatoms. The van der Waals surface area contributed by atoms with Crippen molar-refractivity contribution in [2.75, 3.05) is 0 Å². The van der Waals surface area contributed by atoms with Crippen molar-refractivity contribution >= 4 is 6.40 Å². The summed E-state index contributed by atoms with van der Waals surface area (Å²) in [6.45, 7) is 8.18. The molecule has 0 spiro atoms. The lowest BCUT2D eigenvalue weighted by Gasteiger charge is -2.17. The molecule has 0 aliphatic carbocycles. The number of rotatable bonds is 2. The second-order valence-corrected chi connectivity index (χ2v) is 3.29. The zero-order chi connectivity index (χ0) is 8.91. The van der Waals surface area contributed by atoms with Crippen molar-refractivity contribution in [2.45, 2.75) is 27.7 Å². The maximum Gasteiger partial charge on any atom is 0.200 e. The molecule has 3 nitrogen and oxygen atoms in total. The second-order valence-electron chi connectivity index (χ2n) is 3.29. The molecule has 0 amide bonds. The third-order valence-corrected chi connectivity index (χ3v) is 1.29. The molecule has 0 heterocycles. The van der Waals surface area contributed by atoms with Crippen LogP contribution in [0.1, 0.15) is 27.7 Å². The molecule has 0 saturated heterocycles. The Hall–Kier alpha value is -0.830. The number of nitrogens with two attached hydrogens (primary N) is 1. The Kier molecular flexibility index (Phi) is 3.82. The summed E-state index contributed by atoms with van der Waals surface area (Å²) in [6.07, 6.45) is 3.18. The van der Waals surface area contributed by atoms with E-state index in [1.54, 1.807) is 0 Å². The molecule has 0 saturated carbocycles. The Labute approximate surface area is 67.9 Å². The molecule has 0 bridgehead atoms. The highest BCUT2D eigenvalue weighted by Gasteiger charge is 2.14. The quantitative estimate of drug-likeness (QED) is 0.377. The normalized spacial score (nSPS) is 14.1. The van der Waals surface area contributed by atoms with Gasteiger partial charge in [0.25, 0.3) is 0 Å². The lowest BCUT2D eigenvalue weighted by molar-refractivity contribution is 0.335. The Balaban J connectivity index is 4.33. The third-order valence-electron chi connectivity index (χ3n) is 1.29. The molecule has 0 rings (SSSR count). The van der Waals surface area contributed by atoms with Crippen molar-refractivity contribution in [3.8, 4) is 0 Å². The standard InChI is InChI=1S/C8H16N2O/c1-5-7(8(2,3)4)10-6-11-9/h5-6H,9H2,1-4H3/b7-5-,10-6?. The minimum absolute atomic E-state index is 0.0454. The molecule has 0 unspecified atom stereocenters. The fraction of sp³-hybridized carbons (Fsp3) is 0.625. The zero-order valence-corrected chi connectivity index (χ0v) is 7.59. The van der Waals surface area contributed by atoms with E-state index >= 15 is 0 Å². The monoisotopic (exact) mass is 156 g/mol. The van der Waals surface area contributed by atoms with Crippen LogP contribution in [0.25, 0.3) is 0 Å².